The standard InChI is InChI=1S/C14H20F3NO/c1-2-6-13(9-18,10-19)8-11-4-3-5-12(7-11)14(15,16)17/h3-5,7,19H,2,6,8-10,18H2,1H3. The minimum Gasteiger partial charge on any atom is -0.396 e. The minimum absolute atomic E-state index is 0.117. The zero-order valence-corrected chi connectivity index (χ0v) is 11.0. The number of hydrogen-bond donors (Lipinski definition) is 2. The van der Waals surface area contributed by atoms with Gasteiger partial charge in [0.05, 0.1) is 12.2 Å². The van der Waals surface area contributed by atoms with E-state index in [2.05, 4.69) is 0 Å². The van der Waals surface area contributed by atoms with Crippen LogP contribution in [-0.4, -0.2) is 18.3 Å². The summed E-state index contributed by atoms with van der Waals surface area (Å²) in [6, 6.07) is 5.22. The first kappa shape index (κ1) is 16.0. The van der Waals surface area contributed by atoms with E-state index in [1.807, 2.05) is 6.92 Å². The highest BCUT2D eigenvalue weighted by molar-refractivity contribution is 5.26. The van der Waals surface area contributed by atoms with E-state index in [-0.39, 0.29) is 13.2 Å². The van der Waals surface area contributed by atoms with Gasteiger partial charge in [0.15, 0.2) is 0 Å². The van der Waals surface area contributed by atoms with E-state index in [0.29, 0.717) is 18.4 Å². The molecule has 19 heavy (non-hydrogen) atoms. The molecule has 0 fully saturated rings. The monoisotopic (exact) mass is 275 g/mol. The molecule has 0 aromatic heterocycles. The first-order valence-corrected chi connectivity index (χ1v) is 6.34. The summed E-state index contributed by atoms with van der Waals surface area (Å²) in [6.07, 6.45) is -2.46. The molecule has 0 heterocycles. The summed E-state index contributed by atoms with van der Waals surface area (Å²) in [6.45, 7) is 2.10. The van der Waals surface area contributed by atoms with Crippen LogP contribution in [0.2, 0.25) is 0 Å². The highest BCUT2D eigenvalue weighted by Crippen LogP contribution is 2.32. The molecule has 3 N–H and O–H groups in total. The number of hydrogen-bond acceptors (Lipinski definition) is 2. The molecule has 1 atom stereocenters. The molecule has 1 rings (SSSR count). The smallest absolute Gasteiger partial charge is 0.396 e. The van der Waals surface area contributed by atoms with Gasteiger partial charge in [-0.3, -0.25) is 0 Å². The fourth-order valence-electron chi connectivity index (χ4n) is 2.28. The summed E-state index contributed by atoms with van der Waals surface area (Å²) in [5.41, 5.74) is 5.06. The third kappa shape index (κ3) is 4.21. The van der Waals surface area contributed by atoms with Crippen molar-refractivity contribution in [1.82, 2.24) is 0 Å². The lowest BCUT2D eigenvalue weighted by atomic mass is 9.78. The Morgan fingerprint density at radius 3 is 2.42 bits per heavy atom. The second-order valence-corrected chi connectivity index (χ2v) is 4.99. The molecule has 1 aromatic carbocycles. The topological polar surface area (TPSA) is 46.2 Å². The van der Waals surface area contributed by atoms with Crippen LogP contribution in [0.15, 0.2) is 24.3 Å². The van der Waals surface area contributed by atoms with Crippen LogP contribution in [0.4, 0.5) is 13.2 Å². The SMILES string of the molecule is CCCC(CN)(CO)Cc1cccc(C(F)(F)F)c1. The molecule has 0 spiro atoms. The van der Waals surface area contributed by atoms with Crippen LogP contribution in [-0.2, 0) is 12.6 Å². The van der Waals surface area contributed by atoms with Crippen molar-refractivity contribution in [3.05, 3.63) is 35.4 Å². The third-order valence-corrected chi connectivity index (χ3v) is 3.38. The lowest BCUT2D eigenvalue weighted by Crippen LogP contribution is -2.36. The van der Waals surface area contributed by atoms with Gasteiger partial charge in [-0.25, -0.2) is 0 Å². The predicted octanol–water partition coefficient (Wildman–Crippen LogP) is 2.99. The van der Waals surface area contributed by atoms with Crippen LogP contribution in [0, 0.1) is 5.41 Å². The van der Waals surface area contributed by atoms with Crippen LogP contribution in [0.25, 0.3) is 0 Å². The van der Waals surface area contributed by atoms with Crippen LogP contribution in [0.1, 0.15) is 30.9 Å². The van der Waals surface area contributed by atoms with E-state index in [0.717, 1.165) is 18.6 Å². The Balaban J connectivity index is 2.97. The van der Waals surface area contributed by atoms with Crippen molar-refractivity contribution >= 4 is 0 Å². The Morgan fingerprint density at radius 1 is 1.26 bits per heavy atom. The van der Waals surface area contributed by atoms with E-state index in [4.69, 9.17) is 5.73 Å². The maximum atomic E-state index is 12.6. The minimum atomic E-state index is -4.34. The molecule has 0 amide bonds. The number of aliphatic hydroxyl groups is 1. The van der Waals surface area contributed by atoms with Crippen LogP contribution in [0.5, 0.6) is 0 Å². The molecule has 0 aliphatic carbocycles. The maximum Gasteiger partial charge on any atom is 0.416 e. The zero-order chi connectivity index (χ0) is 14.5. The third-order valence-electron chi connectivity index (χ3n) is 3.38. The summed E-state index contributed by atoms with van der Waals surface area (Å²) in [5, 5.41) is 9.50. The highest BCUT2D eigenvalue weighted by atomic mass is 19.4. The van der Waals surface area contributed by atoms with Gasteiger partial charge in [0.25, 0.3) is 0 Å². The van der Waals surface area contributed by atoms with Gasteiger partial charge in [0.2, 0.25) is 0 Å². The average Bonchev–Trinajstić information content (AvgIpc) is 2.37. The van der Waals surface area contributed by atoms with Gasteiger partial charge in [-0.15, -0.1) is 0 Å². The van der Waals surface area contributed by atoms with Crippen molar-refractivity contribution < 1.29 is 18.3 Å². The van der Waals surface area contributed by atoms with E-state index in [9.17, 15) is 18.3 Å². The van der Waals surface area contributed by atoms with Crippen LogP contribution in [0.3, 0.4) is 0 Å². The number of halogens is 3. The van der Waals surface area contributed by atoms with Crippen LogP contribution >= 0.6 is 0 Å². The zero-order valence-electron chi connectivity index (χ0n) is 11.0. The predicted molar refractivity (Wildman–Crippen MR) is 68.6 cm³/mol. The quantitative estimate of drug-likeness (QED) is 0.838. The molecule has 108 valence electrons. The van der Waals surface area contributed by atoms with Gasteiger partial charge >= 0.3 is 6.18 Å². The summed E-state index contributed by atoms with van der Waals surface area (Å²) in [4.78, 5) is 0. The summed E-state index contributed by atoms with van der Waals surface area (Å²) in [5.74, 6) is 0. The lowest BCUT2D eigenvalue weighted by Gasteiger charge is -2.30. The molecule has 1 aromatic rings. The van der Waals surface area contributed by atoms with Crippen molar-refractivity contribution in [1.29, 1.82) is 0 Å². The Kier molecular flexibility index (Phi) is 5.38. The van der Waals surface area contributed by atoms with Gasteiger partial charge in [-0.1, -0.05) is 31.5 Å². The summed E-state index contributed by atoms with van der Waals surface area (Å²) < 4.78 is 37.9. The molecule has 0 radical (unpaired) electrons. The maximum absolute atomic E-state index is 12.6. The molecule has 1 unspecified atom stereocenters. The average molecular weight is 275 g/mol. The van der Waals surface area contributed by atoms with Gasteiger partial charge in [-0.2, -0.15) is 13.2 Å². The van der Waals surface area contributed by atoms with Gasteiger partial charge < -0.3 is 10.8 Å². The number of alkyl halides is 3. The lowest BCUT2D eigenvalue weighted by molar-refractivity contribution is -0.137. The highest BCUT2D eigenvalue weighted by Gasteiger charge is 2.32. The Labute approximate surface area is 111 Å². The molecule has 5 heteroatoms. The first-order chi connectivity index (χ1) is 8.87. The summed E-state index contributed by atoms with van der Waals surface area (Å²) >= 11 is 0. The number of benzene rings is 1. The van der Waals surface area contributed by atoms with Crippen molar-refractivity contribution in [2.24, 2.45) is 11.1 Å². The molecular weight excluding hydrogens is 255 g/mol. The molecule has 0 bridgehead atoms. The van der Waals surface area contributed by atoms with E-state index >= 15 is 0 Å². The fraction of sp³-hybridized carbons (Fsp3) is 0.571. The van der Waals surface area contributed by atoms with Crippen molar-refractivity contribution in [2.75, 3.05) is 13.2 Å². The molecule has 0 saturated heterocycles. The second kappa shape index (κ2) is 6.39. The second-order valence-electron chi connectivity index (χ2n) is 4.99. The Bertz CT molecular complexity index is 400. The van der Waals surface area contributed by atoms with Crippen molar-refractivity contribution in [3.63, 3.8) is 0 Å². The number of aliphatic hydroxyl groups excluding tert-OH is 1. The largest absolute Gasteiger partial charge is 0.416 e. The number of rotatable bonds is 6. The fourth-order valence-corrected chi connectivity index (χ4v) is 2.28. The Hall–Kier alpha value is -1.07. The van der Waals surface area contributed by atoms with Gasteiger partial charge in [0, 0.05) is 12.0 Å². The van der Waals surface area contributed by atoms with E-state index in [1.165, 1.54) is 6.07 Å². The molecule has 0 saturated carbocycles. The Morgan fingerprint density at radius 2 is 1.95 bits per heavy atom. The molecule has 2 nitrogen and oxygen atoms in total. The molecule has 0 aliphatic heterocycles. The molecule has 0 aliphatic rings. The van der Waals surface area contributed by atoms with Gasteiger partial charge in [0.1, 0.15) is 0 Å². The van der Waals surface area contributed by atoms with Crippen LogP contribution < -0.4 is 5.73 Å². The first-order valence-electron chi connectivity index (χ1n) is 6.34. The van der Waals surface area contributed by atoms with E-state index in [1.54, 1.807) is 6.07 Å². The summed E-state index contributed by atoms with van der Waals surface area (Å²) in [7, 11) is 0. The number of nitrogens with two attached hydrogens (primary N) is 1. The van der Waals surface area contributed by atoms with Crippen molar-refractivity contribution in [2.45, 2.75) is 32.4 Å². The molecular formula is C14H20F3NO. The van der Waals surface area contributed by atoms with Gasteiger partial charge in [-0.05, 0) is 24.5 Å². The van der Waals surface area contributed by atoms with Crippen molar-refractivity contribution in [3.8, 4) is 0 Å². The van der Waals surface area contributed by atoms with E-state index < -0.39 is 17.2 Å². The normalized spacial score (nSPS) is 15.3.